The molecule has 0 fully saturated rings. The molecule has 0 atom stereocenters. The van der Waals surface area contributed by atoms with Gasteiger partial charge in [-0.05, 0) is 19.3 Å². The first-order valence-electron chi connectivity index (χ1n) is 8.84. The standard InChI is InChI=1S/C16H33O4PS2/c17-21(18,19)20-15-13-11-9-7-5-3-1-2-4-6-8-10-12-14-16(22)23/h1-15H2,(H,22,23)(H2,17,18,19). The van der Waals surface area contributed by atoms with Crippen molar-refractivity contribution in [2.24, 2.45) is 0 Å². The van der Waals surface area contributed by atoms with Crippen molar-refractivity contribution in [2.45, 2.75) is 89.9 Å². The molecule has 0 bridgehead atoms. The Kier molecular flexibility index (Phi) is 16.4. The van der Waals surface area contributed by atoms with Crippen molar-refractivity contribution in [3.63, 3.8) is 0 Å². The van der Waals surface area contributed by atoms with Gasteiger partial charge in [0.25, 0.3) is 0 Å². The van der Waals surface area contributed by atoms with Crippen molar-refractivity contribution in [1.29, 1.82) is 0 Å². The minimum Gasteiger partial charge on any atom is -0.303 e. The van der Waals surface area contributed by atoms with Crippen LogP contribution in [0.2, 0.25) is 0 Å². The van der Waals surface area contributed by atoms with Crippen LogP contribution in [0.4, 0.5) is 0 Å². The summed E-state index contributed by atoms with van der Waals surface area (Å²) in [4.78, 5) is 17.0. The highest BCUT2D eigenvalue weighted by Gasteiger charge is 2.12. The second-order valence-corrected chi connectivity index (χ2v) is 8.64. The predicted molar refractivity (Wildman–Crippen MR) is 104 cm³/mol. The van der Waals surface area contributed by atoms with Gasteiger partial charge >= 0.3 is 7.82 Å². The Bertz CT molecular complexity index is 334. The maximum Gasteiger partial charge on any atom is 0.469 e. The third kappa shape index (κ3) is 22.6. The molecule has 0 aromatic heterocycles. The van der Waals surface area contributed by atoms with Crippen molar-refractivity contribution >= 4 is 36.9 Å². The van der Waals surface area contributed by atoms with Crippen LogP contribution >= 0.6 is 32.7 Å². The molecule has 0 unspecified atom stereocenters. The number of hydrogen-bond acceptors (Lipinski definition) is 3. The molecule has 23 heavy (non-hydrogen) atoms. The SMILES string of the molecule is O=P(O)(O)OCCCCCCCCCCCCCCCC(=S)S. The molecule has 2 N–H and O–H groups in total. The van der Waals surface area contributed by atoms with Gasteiger partial charge in [-0.15, -0.1) is 12.6 Å². The maximum absolute atomic E-state index is 10.5. The highest BCUT2D eigenvalue weighted by molar-refractivity contribution is 8.11. The van der Waals surface area contributed by atoms with Gasteiger partial charge in [0.05, 0.1) is 6.61 Å². The Hall–Kier alpha value is 0.550. The van der Waals surface area contributed by atoms with E-state index in [1.165, 1.54) is 64.2 Å². The fourth-order valence-electron chi connectivity index (χ4n) is 2.51. The van der Waals surface area contributed by atoms with Gasteiger partial charge in [-0.25, -0.2) is 4.57 Å². The third-order valence-corrected chi connectivity index (χ3v) is 4.74. The minimum atomic E-state index is -4.27. The lowest BCUT2D eigenvalue weighted by atomic mass is 10.0. The molecule has 0 saturated heterocycles. The molecular formula is C16H33O4PS2. The second kappa shape index (κ2) is 16.0. The first-order chi connectivity index (χ1) is 10.9. The summed E-state index contributed by atoms with van der Waals surface area (Å²) in [7, 11) is -4.27. The third-order valence-electron chi connectivity index (χ3n) is 3.79. The Balaban J connectivity index is 3.05. The van der Waals surface area contributed by atoms with E-state index in [4.69, 9.17) is 22.0 Å². The Labute approximate surface area is 152 Å². The van der Waals surface area contributed by atoms with E-state index in [2.05, 4.69) is 17.2 Å². The number of hydrogen-bond donors (Lipinski definition) is 3. The number of rotatable bonds is 17. The lowest BCUT2D eigenvalue weighted by Gasteiger charge is -2.05. The average molecular weight is 385 g/mol. The van der Waals surface area contributed by atoms with Crippen LogP contribution in [0.3, 0.4) is 0 Å². The van der Waals surface area contributed by atoms with Crippen molar-refractivity contribution in [1.82, 2.24) is 0 Å². The Morgan fingerprint density at radius 2 is 1.13 bits per heavy atom. The molecule has 0 amide bonds. The number of thiocarbonyl (C=S) groups is 1. The fourth-order valence-corrected chi connectivity index (χ4v) is 3.18. The first kappa shape index (κ1) is 23.5. The van der Waals surface area contributed by atoms with Crippen LogP contribution in [0.15, 0.2) is 0 Å². The summed E-state index contributed by atoms with van der Waals surface area (Å²) in [5.41, 5.74) is 0. The monoisotopic (exact) mass is 384 g/mol. The quantitative estimate of drug-likeness (QED) is 0.128. The topological polar surface area (TPSA) is 66.8 Å². The molecule has 0 aliphatic rings. The van der Waals surface area contributed by atoms with Crippen LogP contribution < -0.4 is 0 Å². The summed E-state index contributed by atoms with van der Waals surface area (Å²) < 4.78 is 15.7. The molecule has 0 spiro atoms. The van der Waals surface area contributed by atoms with E-state index in [9.17, 15) is 4.57 Å². The molecular weight excluding hydrogens is 351 g/mol. The lowest BCUT2D eigenvalue weighted by molar-refractivity contribution is 0.193. The summed E-state index contributed by atoms with van der Waals surface area (Å²) in [6.45, 7) is 0.157. The van der Waals surface area contributed by atoms with Gasteiger partial charge < -0.3 is 9.79 Å². The molecule has 0 aliphatic heterocycles. The minimum absolute atomic E-state index is 0.157. The highest BCUT2D eigenvalue weighted by atomic mass is 32.1. The van der Waals surface area contributed by atoms with Crippen LogP contribution in [-0.2, 0) is 9.09 Å². The summed E-state index contributed by atoms with van der Waals surface area (Å²) in [6.07, 6.45) is 16.7. The van der Waals surface area contributed by atoms with Gasteiger partial charge in [0.15, 0.2) is 0 Å². The van der Waals surface area contributed by atoms with E-state index in [-0.39, 0.29) is 6.61 Å². The molecule has 4 nitrogen and oxygen atoms in total. The van der Waals surface area contributed by atoms with E-state index in [1.807, 2.05) is 0 Å². The van der Waals surface area contributed by atoms with Gasteiger partial charge in [0.2, 0.25) is 0 Å². The van der Waals surface area contributed by atoms with Gasteiger partial charge in [-0.2, -0.15) is 0 Å². The predicted octanol–water partition coefficient (Wildman–Crippen LogP) is 5.81. The van der Waals surface area contributed by atoms with Gasteiger partial charge in [-0.1, -0.05) is 82.8 Å². The van der Waals surface area contributed by atoms with Gasteiger partial charge in [-0.3, -0.25) is 4.52 Å². The zero-order chi connectivity index (χ0) is 17.4. The van der Waals surface area contributed by atoms with E-state index < -0.39 is 7.82 Å². The number of unbranched alkanes of at least 4 members (excludes halogenated alkanes) is 12. The van der Waals surface area contributed by atoms with Crippen LogP contribution in [0.25, 0.3) is 0 Å². The summed E-state index contributed by atoms with van der Waals surface area (Å²) in [6, 6.07) is 0. The number of phosphoric ester groups is 1. The molecule has 0 saturated carbocycles. The van der Waals surface area contributed by atoms with Crippen molar-refractivity contribution in [3.05, 3.63) is 0 Å². The molecule has 138 valence electrons. The van der Waals surface area contributed by atoms with Crippen molar-refractivity contribution in [3.8, 4) is 0 Å². The van der Waals surface area contributed by atoms with E-state index in [1.54, 1.807) is 0 Å². The molecule has 0 rings (SSSR count). The van der Waals surface area contributed by atoms with Crippen molar-refractivity contribution in [2.75, 3.05) is 6.61 Å². The fraction of sp³-hybridized carbons (Fsp3) is 0.938. The molecule has 0 aromatic rings. The largest absolute Gasteiger partial charge is 0.469 e. The molecule has 0 heterocycles. The smallest absolute Gasteiger partial charge is 0.303 e. The zero-order valence-corrected chi connectivity index (χ0v) is 16.7. The summed E-state index contributed by atoms with van der Waals surface area (Å²) in [5, 5.41) is 0. The number of phosphoric acid groups is 1. The second-order valence-electron chi connectivity index (χ2n) is 6.06. The van der Waals surface area contributed by atoms with Crippen LogP contribution in [-0.4, -0.2) is 20.6 Å². The maximum atomic E-state index is 10.5. The summed E-state index contributed by atoms with van der Waals surface area (Å²) >= 11 is 9.06. The van der Waals surface area contributed by atoms with E-state index >= 15 is 0 Å². The average Bonchev–Trinajstić information content (AvgIpc) is 2.45. The Morgan fingerprint density at radius 3 is 1.48 bits per heavy atom. The summed E-state index contributed by atoms with van der Waals surface area (Å²) in [5.74, 6) is 0. The van der Waals surface area contributed by atoms with Crippen LogP contribution in [0.5, 0.6) is 0 Å². The molecule has 0 aliphatic carbocycles. The van der Waals surface area contributed by atoms with Crippen molar-refractivity contribution < 1.29 is 18.9 Å². The Morgan fingerprint density at radius 1 is 0.783 bits per heavy atom. The highest BCUT2D eigenvalue weighted by Crippen LogP contribution is 2.35. The normalized spacial score (nSPS) is 11.8. The van der Waals surface area contributed by atoms with Crippen LogP contribution in [0, 0.1) is 0 Å². The van der Waals surface area contributed by atoms with Gasteiger partial charge in [0, 0.05) is 4.20 Å². The zero-order valence-electron chi connectivity index (χ0n) is 14.1. The van der Waals surface area contributed by atoms with Gasteiger partial charge in [0.1, 0.15) is 0 Å². The lowest BCUT2D eigenvalue weighted by Crippen LogP contribution is -1.92. The molecule has 0 radical (unpaired) electrons. The van der Waals surface area contributed by atoms with Crippen LogP contribution in [0.1, 0.15) is 89.9 Å². The first-order valence-corrected chi connectivity index (χ1v) is 11.2. The molecule has 7 heteroatoms. The molecule has 0 aromatic carbocycles. The number of thiol groups is 1. The van der Waals surface area contributed by atoms with E-state index in [0.29, 0.717) is 0 Å². The van der Waals surface area contributed by atoms with E-state index in [0.717, 1.165) is 29.9 Å².